The first-order chi connectivity index (χ1) is 10.2. The molecule has 1 aliphatic rings. The van der Waals surface area contributed by atoms with Gasteiger partial charge in [0.15, 0.2) is 16.4 Å². The Bertz CT molecular complexity index is 532. The molecule has 8 nitrogen and oxygen atoms in total. The van der Waals surface area contributed by atoms with E-state index in [1.807, 2.05) is 5.32 Å². The lowest BCUT2D eigenvalue weighted by Crippen LogP contribution is -2.44. The molecule has 0 radical (unpaired) electrons. The molecule has 0 unspecified atom stereocenters. The van der Waals surface area contributed by atoms with E-state index in [1.165, 1.54) is 11.8 Å². The molecule has 0 spiro atoms. The van der Waals surface area contributed by atoms with Gasteiger partial charge in [0.2, 0.25) is 0 Å². The summed E-state index contributed by atoms with van der Waals surface area (Å²) in [5.41, 5.74) is 0. The number of urea groups is 1. The number of thioether (sulfide) groups is 1. The minimum Gasteiger partial charge on any atom is -0.455 e. The van der Waals surface area contributed by atoms with E-state index in [2.05, 4.69) is 5.32 Å². The zero-order chi connectivity index (χ0) is 16.8. The lowest BCUT2D eigenvalue weighted by atomic mass is 10.4. The van der Waals surface area contributed by atoms with Crippen LogP contribution in [0.1, 0.15) is 20.3 Å². The van der Waals surface area contributed by atoms with Gasteiger partial charge in [-0.2, -0.15) is 0 Å². The van der Waals surface area contributed by atoms with Crippen molar-refractivity contribution < 1.29 is 27.5 Å². The Hall–Kier alpha value is -1.29. The summed E-state index contributed by atoms with van der Waals surface area (Å²) < 4.78 is 27.2. The highest BCUT2D eigenvalue weighted by Crippen LogP contribution is 2.24. The molecule has 0 aromatic rings. The van der Waals surface area contributed by atoms with Gasteiger partial charge in [-0.1, -0.05) is 0 Å². The largest absolute Gasteiger partial charge is 0.455 e. The highest BCUT2D eigenvalue weighted by Gasteiger charge is 2.28. The van der Waals surface area contributed by atoms with Gasteiger partial charge < -0.3 is 10.1 Å². The number of carbonyl (C=O) groups excluding carboxylic acids is 3. The van der Waals surface area contributed by atoms with Crippen molar-refractivity contribution in [3.63, 3.8) is 0 Å². The van der Waals surface area contributed by atoms with Crippen molar-refractivity contribution in [3.8, 4) is 0 Å². The molecule has 1 rings (SSSR count). The van der Waals surface area contributed by atoms with Crippen LogP contribution in [0.25, 0.3) is 0 Å². The van der Waals surface area contributed by atoms with Crippen LogP contribution >= 0.6 is 11.8 Å². The summed E-state index contributed by atoms with van der Waals surface area (Å²) in [5.74, 6) is -1.15. The standard InChI is InChI=1S/C12H20N2O6S2/c1-8(2)13-12(17)14-10(15)5-20-11(16)6-21-9-3-4-22(18,19)7-9/h8-9H,3-7H2,1-2H3,(H2,13,14,15,17)/t9-/m1/s1. The van der Waals surface area contributed by atoms with Gasteiger partial charge >= 0.3 is 12.0 Å². The van der Waals surface area contributed by atoms with Crippen molar-refractivity contribution in [2.45, 2.75) is 31.6 Å². The molecule has 0 saturated carbocycles. The first kappa shape index (κ1) is 18.8. The van der Waals surface area contributed by atoms with Gasteiger partial charge in [-0.15, -0.1) is 11.8 Å². The molecule has 0 aromatic carbocycles. The van der Waals surface area contributed by atoms with Gasteiger partial charge in [0, 0.05) is 11.3 Å². The molecule has 126 valence electrons. The number of amides is 3. The Kier molecular flexibility index (Phi) is 7.14. The number of imide groups is 1. The summed E-state index contributed by atoms with van der Waals surface area (Å²) in [6.07, 6.45) is 0.524. The van der Waals surface area contributed by atoms with Crippen LogP contribution in [-0.4, -0.2) is 61.5 Å². The van der Waals surface area contributed by atoms with E-state index in [0.29, 0.717) is 6.42 Å². The number of rotatable bonds is 6. The maximum absolute atomic E-state index is 11.5. The lowest BCUT2D eigenvalue weighted by Gasteiger charge is -2.10. The molecule has 3 amide bonds. The van der Waals surface area contributed by atoms with Crippen LogP contribution in [0.3, 0.4) is 0 Å². The Balaban J connectivity index is 2.18. The Morgan fingerprint density at radius 3 is 2.55 bits per heavy atom. The summed E-state index contributed by atoms with van der Waals surface area (Å²) in [6.45, 7) is 2.93. The Morgan fingerprint density at radius 1 is 1.32 bits per heavy atom. The second-order valence-electron chi connectivity index (χ2n) is 5.17. The Labute approximate surface area is 133 Å². The van der Waals surface area contributed by atoms with E-state index >= 15 is 0 Å². The van der Waals surface area contributed by atoms with Crippen LogP contribution in [0.5, 0.6) is 0 Å². The van der Waals surface area contributed by atoms with E-state index in [1.54, 1.807) is 13.8 Å². The lowest BCUT2D eigenvalue weighted by molar-refractivity contribution is -0.145. The van der Waals surface area contributed by atoms with Crippen molar-refractivity contribution >= 4 is 39.5 Å². The van der Waals surface area contributed by atoms with Crippen molar-refractivity contribution in [3.05, 3.63) is 0 Å². The van der Waals surface area contributed by atoms with Crippen molar-refractivity contribution in [1.82, 2.24) is 10.6 Å². The third kappa shape index (κ3) is 7.64. The topological polar surface area (TPSA) is 119 Å². The van der Waals surface area contributed by atoms with Gasteiger partial charge in [0.05, 0.1) is 17.3 Å². The number of hydrogen-bond acceptors (Lipinski definition) is 7. The fraction of sp³-hybridized carbons (Fsp3) is 0.750. The quantitative estimate of drug-likeness (QED) is 0.629. The maximum atomic E-state index is 11.5. The number of ether oxygens (including phenoxy) is 1. The van der Waals surface area contributed by atoms with E-state index in [9.17, 15) is 22.8 Å². The summed E-state index contributed by atoms with van der Waals surface area (Å²) >= 11 is 1.20. The predicted octanol–water partition coefficient (Wildman–Crippen LogP) is -0.316. The molecule has 0 bridgehead atoms. The van der Waals surface area contributed by atoms with Gasteiger partial charge in [-0.05, 0) is 20.3 Å². The van der Waals surface area contributed by atoms with Gasteiger partial charge in [-0.3, -0.25) is 14.9 Å². The number of esters is 1. The third-order valence-electron chi connectivity index (χ3n) is 2.66. The zero-order valence-corrected chi connectivity index (χ0v) is 14.1. The van der Waals surface area contributed by atoms with Crippen LogP contribution in [0.4, 0.5) is 4.79 Å². The normalized spacial score (nSPS) is 19.7. The van der Waals surface area contributed by atoms with E-state index in [4.69, 9.17) is 4.74 Å². The van der Waals surface area contributed by atoms with Crippen LogP contribution < -0.4 is 10.6 Å². The first-order valence-corrected chi connectivity index (χ1v) is 9.63. The minimum atomic E-state index is -2.97. The SMILES string of the molecule is CC(C)NC(=O)NC(=O)COC(=O)CS[C@@H]1CCS(=O)(=O)C1. The second kappa shape index (κ2) is 8.37. The maximum Gasteiger partial charge on any atom is 0.321 e. The number of hydrogen-bond donors (Lipinski definition) is 2. The average molecular weight is 352 g/mol. The van der Waals surface area contributed by atoms with E-state index in [-0.39, 0.29) is 28.6 Å². The molecule has 22 heavy (non-hydrogen) atoms. The van der Waals surface area contributed by atoms with Crippen molar-refractivity contribution in [2.24, 2.45) is 0 Å². The molecule has 1 fully saturated rings. The summed E-state index contributed by atoms with van der Waals surface area (Å²) in [5, 5.41) is 4.37. The molecule has 1 aliphatic heterocycles. The van der Waals surface area contributed by atoms with Crippen LogP contribution in [-0.2, 0) is 24.2 Å². The summed E-state index contributed by atoms with van der Waals surface area (Å²) in [6, 6.07) is -0.768. The molecule has 1 saturated heterocycles. The van der Waals surface area contributed by atoms with E-state index < -0.39 is 34.4 Å². The second-order valence-corrected chi connectivity index (χ2v) is 8.69. The average Bonchev–Trinajstić information content (AvgIpc) is 2.72. The van der Waals surface area contributed by atoms with Gasteiger partial charge in [0.25, 0.3) is 5.91 Å². The number of carbonyl (C=O) groups is 3. The monoisotopic (exact) mass is 352 g/mol. The molecule has 10 heteroatoms. The van der Waals surface area contributed by atoms with Crippen LogP contribution in [0, 0.1) is 0 Å². The predicted molar refractivity (Wildman–Crippen MR) is 82.3 cm³/mol. The molecule has 1 heterocycles. The highest BCUT2D eigenvalue weighted by atomic mass is 32.2. The number of sulfone groups is 1. The fourth-order valence-corrected chi connectivity index (χ4v) is 5.17. The molecule has 0 aromatic heterocycles. The van der Waals surface area contributed by atoms with Gasteiger partial charge in [0.1, 0.15) is 0 Å². The first-order valence-electron chi connectivity index (χ1n) is 6.76. The summed E-state index contributed by atoms with van der Waals surface area (Å²) in [4.78, 5) is 34.0. The van der Waals surface area contributed by atoms with Gasteiger partial charge in [-0.25, -0.2) is 13.2 Å². The molecule has 2 N–H and O–H groups in total. The number of nitrogens with one attached hydrogen (secondary N) is 2. The smallest absolute Gasteiger partial charge is 0.321 e. The van der Waals surface area contributed by atoms with Crippen LogP contribution in [0.15, 0.2) is 0 Å². The third-order valence-corrected chi connectivity index (χ3v) is 5.92. The zero-order valence-electron chi connectivity index (χ0n) is 12.5. The summed E-state index contributed by atoms with van der Waals surface area (Å²) in [7, 11) is -2.97. The van der Waals surface area contributed by atoms with Crippen molar-refractivity contribution in [2.75, 3.05) is 23.9 Å². The van der Waals surface area contributed by atoms with E-state index in [0.717, 1.165) is 0 Å². The molecule has 1 atom stereocenters. The Morgan fingerprint density at radius 2 is 2.00 bits per heavy atom. The molecular formula is C12H20N2O6S2. The van der Waals surface area contributed by atoms with Crippen LogP contribution in [0.2, 0.25) is 0 Å². The molecule has 0 aliphatic carbocycles. The van der Waals surface area contributed by atoms with Crippen molar-refractivity contribution in [1.29, 1.82) is 0 Å². The minimum absolute atomic E-state index is 0.0222. The fourth-order valence-electron chi connectivity index (χ4n) is 1.73. The highest BCUT2D eigenvalue weighted by molar-refractivity contribution is 8.02. The molecular weight excluding hydrogens is 332 g/mol.